The van der Waals surface area contributed by atoms with E-state index in [2.05, 4.69) is 20.6 Å². The van der Waals surface area contributed by atoms with Crippen LogP contribution in [0.25, 0.3) is 0 Å². The summed E-state index contributed by atoms with van der Waals surface area (Å²) in [7, 11) is 0. The predicted octanol–water partition coefficient (Wildman–Crippen LogP) is 0.141. The minimum atomic E-state index is -0.920. The number of aliphatic carboxylic acids is 1. The highest BCUT2D eigenvalue weighted by molar-refractivity contribution is 5.76. The summed E-state index contributed by atoms with van der Waals surface area (Å²) in [6, 6.07) is 1.85. The molecule has 3 rings (SSSR count). The number of likely N-dealkylation sites (tertiary alicyclic amines) is 1. The summed E-state index contributed by atoms with van der Waals surface area (Å²) in [5, 5.41) is 24.0. The molecule has 0 aromatic carbocycles. The molecule has 0 bridgehead atoms. The van der Waals surface area contributed by atoms with Crippen molar-refractivity contribution in [1.82, 2.24) is 34.9 Å². The fraction of sp³-hybridized carbons (Fsp3) is 0.600. The molecule has 2 aromatic heterocycles. The number of hydrogen-bond acceptors (Lipinski definition) is 6. The average molecular weight is 347 g/mol. The van der Waals surface area contributed by atoms with Crippen LogP contribution >= 0.6 is 0 Å². The standard InChI is InChI=1S/C15H21N7O3/c23-14(4-2-8-21-11-16-18-19-21)20-7-1-3-12(9-20)13-5-6-17-22(13)10-15(24)25/h5-6,11-12H,1-4,7-10H2,(H,24,25)/t12-/m0/s1. The molecule has 1 saturated heterocycles. The number of carbonyl (C=O) groups excluding carboxylic acids is 1. The highest BCUT2D eigenvalue weighted by atomic mass is 16.4. The Morgan fingerprint density at radius 2 is 2.24 bits per heavy atom. The fourth-order valence-corrected chi connectivity index (χ4v) is 3.23. The van der Waals surface area contributed by atoms with Gasteiger partial charge in [0, 0.05) is 43.9 Å². The maximum absolute atomic E-state index is 12.5. The minimum Gasteiger partial charge on any atom is -0.480 e. The molecule has 1 aliphatic rings. The largest absolute Gasteiger partial charge is 0.480 e. The minimum absolute atomic E-state index is 0.113. The van der Waals surface area contributed by atoms with Crippen LogP contribution in [0.4, 0.5) is 0 Å². The van der Waals surface area contributed by atoms with Crippen molar-refractivity contribution >= 4 is 11.9 Å². The first-order valence-corrected chi connectivity index (χ1v) is 8.35. The number of tetrazole rings is 1. The van der Waals surface area contributed by atoms with E-state index in [1.807, 2.05) is 11.0 Å². The monoisotopic (exact) mass is 347 g/mol. The molecule has 0 saturated carbocycles. The van der Waals surface area contributed by atoms with Crippen LogP contribution in [0.5, 0.6) is 0 Å². The summed E-state index contributed by atoms with van der Waals surface area (Å²) >= 11 is 0. The van der Waals surface area contributed by atoms with Gasteiger partial charge in [-0.15, -0.1) is 5.10 Å². The molecule has 1 atom stereocenters. The molecule has 1 aliphatic heterocycles. The molecule has 2 aromatic rings. The van der Waals surface area contributed by atoms with Gasteiger partial charge < -0.3 is 10.0 Å². The number of carboxylic acids is 1. The molecule has 0 radical (unpaired) electrons. The molecule has 134 valence electrons. The molecular formula is C15H21N7O3. The highest BCUT2D eigenvalue weighted by Gasteiger charge is 2.26. The van der Waals surface area contributed by atoms with Crippen LogP contribution in [0.3, 0.4) is 0 Å². The number of aromatic nitrogens is 6. The van der Waals surface area contributed by atoms with Gasteiger partial charge in [-0.1, -0.05) is 0 Å². The van der Waals surface area contributed by atoms with Gasteiger partial charge in [-0.25, -0.2) is 4.68 Å². The fourth-order valence-electron chi connectivity index (χ4n) is 3.23. The van der Waals surface area contributed by atoms with Crippen molar-refractivity contribution in [2.24, 2.45) is 0 Å². The van der Waals surface area contributed by atoms with Gasteiger partial charge in [0.15, 0.2) is 0 Å². The Morgan fingerprint density at radius 3 is 3.00 bits per heavy atom. The van der Waals surface area contributed by atoms with E-state index in [1.54, 1.807) is 10.9 Å². The van der Waals surface area contributed by atoms with Crippen LogP contribution in [0.2, 0.25) is 0 Å². The number of carbonyl (C=O) groups is 2. The predicted molar refractivity (Wildman–Crippen MR) is 85.5 cm³/mol. The summed E-state index contributed by atoms with van der Waals surface area (Å²) in [6.07, 6.45) is 6.11. The summed E-state index contributed by atoms with van der Waals surface area (Å²) in [5.41, 5.74) is 0.883. The van der Waals surface area contributed by atoms with Crippen molar-refractivity contribution in [3.05, 3.63) is 24.3 Å². The van der Waals surface area contributed by atoms with E-state index in [0.29, 0.717) is 25.9 Å². The number of nitrogens with zero attached hydrogens (tertiary/aromatic N) is 7. The lowest BCUT2D eigenvalue weighted by Crippen LogP contribution is -2.39. The Morgan fingerprint density at radius 1 is 1.36 bits per heavy atom. The molecule has 10 heteroatoms. The third-order valence-electron chi connectivity index (χ3n) is 4.40. The van der Waals surface area contributed by atoms with E-state index >= 15 is 0 Å². The molecule has 0 spiro atoms. The van der Waals surface area contributed by atoms with Crippen molar-refractivity contribution in [2.45, 2.75) is 44.7 Å². The first-order valence-electron chi connectivity index (χ1n) is 8.35. The molecule has 0 unspecified atom stereocenters. The van der Waals surface area contributed by atoms with E-state index in [9.17, 15) is 9.59 Å². The van der Waals surface area contributed by atoms with Gasteiger partial charge in [0.05, 0.1) is 0 Å². The summed E-state index contributed by atoms with van der Waals surface area (Å²) in [5.74, 6) is -0.683. The normalized spacial score (nSPS) is 17.6. The molecular weight excluding hydrogens is 326 g/mol. The van der Waals surface area contributed by atoms with Gasteiger partial charge in [-0.3, -0.25) is 14.3 Å². The van der Waals surface area contributed by atoms with Crippen LogP contribution in [0.1, 0.15) is 37.3 Å². The second kappa shape index (κ2) is 7.86. The van der Waals surface area contributed by atoms with E-state index in [4.69, 9.17) is 5.11 Å². The van der Waals surface area contributed by atoms with E-state index < -0.39 is 5.97 Å². The Hall–Kier alpha value is -2.78. The van der Waals surface area contributed by atoms with Crippen LogP contribution in [-0.2, 0) is 22.7 Å². The van der Waals surface area contributed by atoms with E-state index in [1.165, 1.54) is 11.0 Å². The zero-order chi connectivity index (χ0) is 17.6. The lowest BCUT2D eigenvalue weighted by molar-refractivity contribution is -0.138. The van der Waals surface area contributed by atoms with Crippen LogP contribution in [0.15, 0.2) is 18.6 Å². The zero-order valence-corrected chi connectivity index (χ0v) is 13.9. The SMILES string of the molecule is O=C(O)Cn1nccc1[C@H]1CCCN(C(=O)CCCn2cnnn2)C1. The van der Waals surface area contributed by atoms with Crippen LogP contribution in [0, 0.1) is 0 Å². The topological polar surface area (TPSA) is 119 Å². The Labute approximate surface area is 144 Å². The van der Waals surface area contributed by atoms with Crippen LogP contribution < -0.4 is 0 Å². The first kappa shape index (κ1) is 17.1. The molecule has 1 fully saturated rings. The first-order chi connectivity index (χ1) is 12.1. The second-order valence-corrected chi connectivity index (χ2v) is 6.16. The smallest absolute Gasteiger partial charge is 0.325 e. The summed E-state index contributed by atoms with van der Waals surface area (Å²) < 4.78 is 3.12. The number of piperidine rings is 1. The Kier molecular flexibility index (Phi) is 5.36. The van der Waals surface area contributed by atoms with Crippen molar-refractivity contribution in [3.63, 3.8) is 0 Å². The molecule has 0 aliphatic carbocycles. The molecule has 10 nitrogen and oxygen atoms in total. The average Bonchev–Trinajstić information content (AvgIpc) is 3.26. The Bertz CT molecular complexity index is 713. The lowest BCUT2D eigenvalue weighted by Gasteiger charge is -2.33. The van der Waals surface area contributed by atoms with Gasteiger partial charge in [-0.05, 0) is 35.8 Å². The van der Waals surface area contributed by atoms with Gasteiger partial charge in [-0.2, -0.15) is 5.10 Å². The highest BCUT2D eigenvalue weighted by Crippen LogP contribution is 2.27. The maximum Gasteiger partial charge on any atom is 0.325 e. The number of rotatable bonds is 7. The van der Waals surface area contributed by atoms with Crippen LogP contribution in [-0.4, -0.2) is 65.0 Å². The van der Waals surface area contributed by atoms with Crippen molar-refractivity contribution in [2.75, 3.05) is 13.1 Å². The molecule has 25 heavy (non-hydrogen) atoms. The van der Waals surface area contributed by atoms with E-state index in [0.717, 1.165) is 25.1 Å². The van der Waals surface area contributed by atoms with Gasteiger partial charge in [0.1, 0.15) is 12.9 Å². The van der Waals surface area contributed by atoms with Gasteiger partial charge in [0.2, 0.25) is 5.91 Å². The summed E-state index contributed by atoms with van der Waals surface area (Å²) in [6.45, 7) is 1.81. The van der Waals surface area contributed by atoms with E-state index in [-0.39, 0.29) is 18.4 Å². The van der Waals surface area contributed by atoms with Crippen molar-refractivity contribution < 1.29 is 14.7 Å². The quantitative estimate of drug-likeness (QED) is 0.756. The molecule has 3 heterocycles. The third kappa shape index (κ3) is 4.40. The summed E-state index contributed by atoms with van der Waals surface area (Å²) in [4.78, 5) is 25.3. The van der Waals surface area contributed by atoms with Crippen molar-refractivity contribution in [3.8, 4) is 0 Å². The zero-order valence-electron chi connectivity index (χ0n) is 13.9. The Balaban J connectivity index is 1.54. The van der Waals surface area contributed by atoms with Gasteiger partial charge >= 0.3 is 5.97 Å². The second-order valence-electron chi connectivity index (χ2n) is 6.16. The third-order valence-corrected chi connectivity index (χ3v) is 4.40. The van der Waals surface area contributed by atoms with Crippen molar-refractivity contribution in [1.29, 1.82) is 0 Å². The molecule has 1 amide bonds. The number of hydrogen-bond donors (Lipinski definition) is 1. The number of amides is 1. The number of carboxylic acid groups (broad SMARTS) is 1. The van der Waals surface area contributed by atoms with Gasteiger partial charge in [0.25, 0.3) is 0 Å². The maximum atomic E-state index is 12.5. The lowest BCUT2D eigenvalue weighted by atomic mass is 9.94. The molecule has 1 N–H and O–H groups in total. The number of aryl methyl sites for hydroxylation is 1.